The van der Waals surface area contributed by atoms with Crippen LogP contribution in [-0.2, 0) is 0 Å². The van der Waals surface area contributed by atoms with E-state index in [1.807, 2.05) is 71.6 Å². The molecule has 1 saturated heterocycles. The average molecular weight is 314 g/mol. The Balaban J connectivity index is 1.61. The number of carbonyl (C=O) groups excluding carboxylic acids is 1. The zero-order valence-electron chi connectivity index (χ0n) is 13.2. The molecule has 1 N–H and O–H groups in total. The first-order chi connectivity index (χ1) is 11.8. The molecular weight excluding hydrogens is 296 g/mol. The van der Waals surface area contributed by atoms with E-state index in [1.165, 1.54) is 0 Å². The van der Waals surface area contributed by atoms with Crippen LogP contribution in [0.5, 0.6) is 0 Å². The van der Waals surface area contributed by atoms with Crippen LogP contribution in [0.4, 0.5) is 10.5 Å². The summed E-state index contributed by atoms with van der Waals surface area (Å²) in [6.07, 6.45) is 0. The second-order valence-corrected chi connectivity index (χ2v) is 5.91. The molecule has 0 saturated carbocycles. The number of hydrogen-bond donors (Lipinski definition) is 1. The highest BCUT2D eigenvalue weighted by Gasteiger charge is 2.52. The monoisotopic (exact) mass is 314 g/mol. The summed E-state index contributed by atoms with van der Waals surface area (Å²) in [6.45, 7) is 0. The first kappa shape index (κ1) is 14.5. The quantitative estimate of drug-likeness (QED) is 0.677. The number of urea groups is 1. The summed E-state index contributed by atoms with van der Waals surface area (Å²) in [4.78, 5) is 14.7. The minimum absolute atomic E-state index is 0.0658. The number of anilines is 1. The fraction of sp³-hybridized carbons (Fsp3) is 0.0952. The van der Waals surface area contributed by atoms with Crippen LogP contribution < -0.4 is 5.32 Å². The lowest BCUT2D eigenvalue weighted by Crippen LogP contribution is -2.19. The third-order valence-corrected chi connectivity index (χ3v) is 4.35. The number of nitrogens with one attached hydrogen (secondary N) is 1. The van der Waals surface area contributed by atoms with E-state index in [-0.39, 0.29) is 18.1 Å². The lowest BCUT2D eigenvalue weighted by Gasteiger charge is -2.08. The Bertz CT molecular complexity index is 773. The lowest BCUT2D eigenvalue weighted by molar-refractivity contribution is 0.238. The van der Waals surface area contributed by atoms with Crippen LogP contribution in [0, 0.1) is 0 Å². The normalized spacial score (nSPS) is 18.9. The molecule has 3 heteroatoms. The van der Waals surface area contributed by atoms with E-state index in [0.717, 1.165) is 16.8 Å². The smallest absolute Gasteiger partial charge is 0.308 e. The van der Waals surface area contributed by atoms with Crippen LogP contribution >= 0.6 is 0 Å². The summed E-state index contributed by atoms with van der Waals surface area (Å²) in [5.41, 5.74) is 3.14. The third kappa shape index (κ3) is 2.76. The summed E-state index contributed by atoms with van der Waals surface area (Å²) < 4.78 is 0. The Morgan fingerprint density at radius 1 is 0.667 bits per heavy atom. The van der Waals surface area contributed by atoms with Gasteiger partial charge in [0.1, 0.15) is 0 Å². The first-order valence-corrected chi connectivity index (χ1v) is 8.09. The van der Waals surface area contributed by atoms with Gasteiger partial charge in [0, 0.05) is 5.69 Å². The minimum atomic E-state index is -0.0658. The molecule has 0 aliphatic carbocycles. The van der Waals surface area contributed by atoms with Crippen molar-refractivity contribution in [3.8, 4) is 0 Å². The van der Waals surface area contributed by atoms with E-state index in [2.05, 4.69) is 29.6 Å². The minimum Gasteiger partial charge on any atom is -0.308 e. The number of benzene rings is 3. The highest BCUT2D eigenvalue weighted by molar-refractivity contribution is 5.92. The van der Waals surface area contributed by atoms with Gasteiger partial charge in [-0.3, -0.25) is 0 Å². The molecule has 1 heterocycles. The Morgan fingerprint density at radius 2 is 1.08 bits per heavy atom. The molecule has 0 bridgehead atoms. The van der Waals surface area contributed by atoms with E-state index < -0.39 is 0 Å². The number of para-hydroxylation sites is 1. The lowest BCUT2D eigenvalue weighted by atomic mass is 10.0. The van der Waals surface area contributed by atoms with E-state index in [4.69, 9.17) is 0 Å². The number of rotatable bonds is 3. The molecule has 3 aromatic rings. The molecule has 24 heavy (non-hydrogen) atoms. The third-order valence-electron chi connectivity index (χ3n) is 4.35. The van der Waals surface area contributed by atoms with Gasteiger partial charge in [0.15, 0.2) is 0 Å². The van der Waals surface area contributed by atoms with Crippen molar-refractivity contribution in [2.45, 2.75) is 12.1 Å². The molecule has 0 radical (unpaired) electrons. The van der Waals surface area contributed by atoms with Gasteiger partial charge in [-0.05, 0) is 23.3 Å². The fourth-order valence-electron chi connectivity index (χ4n) is 3.18. The van der Waals surface area contributed by atoms with E-state index in [0.29, 0.717) is 0 Å². The van der Waals surface area contributed by atoms with Gasteiger partial charge < -0.3 is 10.2 Å². The van der Waals surface area contributed by atoms with Gasteiger partial charge in [0.05, 0.1) is 12.1 Å². The second kappa shape index (κ2) is 6.20. The number of carbonyl (C=O) groups is 1. The predicted octanol–water partition coefficient (Wildman–Crippen LogP) is 5.02. The van der Waals surface area contributed by atoms with E-state index in [1.54, 1.807) is 0 Å². The van der Waals surface area contributed by atoms with Gasteiger partial charge in [-0.15, -0.1) is 0 Å². The Hall–Kier alpha value is -3.07. The van der Waals surface area contributed by atoms with Crippen molar-refractivity contribution in [3.05, 3.63) is 102 Å². The summed E-state index contributed by atoms with van der Waals surface area (Å²) in [5, 5.41) is 2.99. The van der Waals surface area contributed by atoms with Gasteiger partial charge >= 0.3 is 6.03 Å². The summed E-state index contributed by atoms with van der Waals surface area (Å²) >= 11 is 0. The average Bonchev–Trinajstić information content (AvgIpc) is 3.40. The molecule has 4 rings (SSSR count). The molecule has 0 spiro atoms. The molecule has 118 valence electrons. The Morgan fingerprint density at radius 3 is 1.54 bits per heavy atom. The number of nitrogens with zero attached hydrogens (tertiary/aromatic N) is 1. The first-order valence-electron chi connectivity index (χ1n) is 8.09. The molecule has 2 amide bonds. The predicted molar refractivity (Wildman–Crippen MR) is 95.7 cm³/mol. The van der Waals surface area contributed by atoms with Crippen molar-refractivity contribution in [2.75, 3.05) is 5.32 Å². The van der Waals surface area contributed by atoms with Crippen LogP contribution in [0.2, 0.25) is 0 Å². The molecule has 3 nitrogen and oxygen atoms in total. The van der Waals surface area contributed by atoms with Crippen LogP contribution in [0.1, 0.15) is 23.2 Å². The van der Waals surface area contributed by atoms with Crippen LogP contribution in [0.25, 0.3) is 0 Å². The number of amides is 2. The standard InChI is InChI=1S/C21H18N2O/c24-21(22-18-14-8-3-9-15-18)23-19(16-10-4-1-5-11-16)20(23)17-12-6-2-7-13-17/h1-15,19-20H,(H,22,24). The van der Waals surface area contributed by atoms with Gasteiger partial charge in [0.2, 0.25) is 0 Å². The van der Waals surface area contributed by atoms with E-state index in [9.17, 15) is 4.79 Å². The summed E-state index contributed by atoms with van der Waals surface area (Å²) in [7, 11) is 0. The van der Waals surface area contributed by atoms with Crippen molar-refractivity contribution >= 4 is 11.7 Å². The van der Waals surface area contributed by atoms with Crippen LogP contribution in [0.15, 0.2) is 91.0 Å². The van der Waals surface area contributed by atoms with Crippen LogP contribution in [-0.4, -0.2) is 10.9 Å². The van der Waals surface area contributed by atoms with Crippen molar-refractivity contribution < 1.29 is 4.79 Å². The van der Waals surface area contributed by atoms with Crippen molar-refractivity contribution in [1.82, 2.24) is 4.90 Å². The summed E-state index contributed by atoms with van der Waals surface area (Å²) in [6, 6.07) is 30.0. The fourth-order valence-corrected chi connectivity index (χ4v) is 3.18. The second-order valence-electron chi connectivity index (χ2n) is 5.91. The molecule has 0 aromatic heterocycles. The van der Waals surface area contributed by atoms with Gasteiger partial charge in [0.25, 0.3) is 0 Å². The highest BCUT2D eigenvalue weighted by Crippen LogP contribution is 2.54. The molecule has 1 aliphatic heterocycles. The maximum atomic E-state index is 12.8. The Labute approximate surface area is 141 Å². The SMILES string of the molecule is O=C(Nc1ccccc1)N1C(c2ccccc2)C1c1ccccc1. The van der Waals surface area contributed by atoms with Crippen molar-refractivity contribution in [2.24, 2.45) is 0 Å². The zero-order valence-corrected chi connectivity index (χ0v) is 13.2. The van der Waals surface area contributed by atoms with E-state index >= 15 is 0 Å². The number of hydrogen-bond acceptors (Lipinski definition) is 1. The van der Waals surface area contributed by atoms with Crippen LogP contribution in [0.3, 0.4) is 0 Å². The molecular formula is C21H18N2O. The molecule has 2 unspecified atom stereocenters. The topological polar surface area (TPSA) is 32.1 Å². The van der Waals surface area contributed by atoms with Crippen molar-refractivity contribution in [1.29, 1.82) is 0 Å². The molecule has 1 aliphatic rings. The van der Waals surface area contributed by atoms with Gasteiger partial charge in [-0.2, -0.15) is 0 Å². The zero-order chi connectivity index (χ0) is 16.4. The maximum Gasteiger partial charge on any atom is 0.323 e. The maximum absolute atomic E-state index is 12.8. The van der Waals surface area contributed by atoms with Crippen molar-refractivity contribution in [3.63, 3.8) is 0 Å². The highest BCUT2D eigenvalue weighted by atomic mass is 16.2. The molecule has 3 aromatic carbocycles. The van der Waals surface area contributed by atoms with Gasteiger partial charge in [-0.1, -0.05) is 78.9 Å². The summed E-state index contributed by atoms with van der Waals surface area (Å²) in [5.74, 6) is 0. The molecule has 2 atom stereocenters. The molecule has 1 fully saturated rings. The Kier molecular flexibility index (Phi) is 3.75. The van der Waals surface area contributed by atoms with Gasteiger partial charge in [-0.25, -0.2) is 4.79 Å². The largest absolute Gasteiger partial charge is 0.323 e.